The average Bonchev–Trinajstić information content (AvgIpc) is 3.39. The molecule has 8 nitrogen and oxygen atoms in total. The Morgan fingerprint density at radius 1 is 1.15 bits per heavy atom. The molecule has 1 atom stereocenters. The van der Waals surface area contributed by atoms with Crippen LogP contribution in [0.3, 0.4) is 0 Å². The highest BCUT2D eigenvalue weighted by Crippen LogP contribution is 2.45. The fourth-order valence-electron chi connectivity index (χ4n) is 3.89. The molecular formula is C25H16N2O6S. The van der Waals surface area contributed by atoms with E-state index >= 15 is 0 Å². The van der Waals surface area contributed by atoms with Crippen LogP contribution < -0.4 is 25.6 Å². The average molecular weight is 472 g/mol. The van der Waals surface area contributed by atoms with Crippen molar-refractivity contribution in [3.63, 3.8) is 0 Å². The van der Waals surface area contributed by atoms with Gasteiger partial charge in [-0.3, -0.25) is 0 Å². The van der Waals surface area contributed by atoms with E-state index in [-0.39, 0.29) is 34.3 Å². The summed E-state index contributed by atoms with van der Waals surface area (Å²) in [4.78, 5) is 25.8. The Bertz CT molecular complexity index is 1560. The first kappa shape index (κ1) is 21.3. The van der Waals surface area contributed by atoms with Crippen molar-refractivity contribution >= 4 is 28.3 Å². The number of nitrogens with zero attached hydrogens (tertiary/aromatic N) is 1. The molecule has 9 heteroatoms. The molecule has 34 heavy (non-hydrogen) atoms. The third-order valence-electron chi connectivity index (χ3n) is 5.42. The van der Waals surface area contributed by atoms with Gasteiger partial charge in [0.1, 0.15) is 22.1 Å². The summed E-state index contributed by atoms with van der Waals surface area (Å²) < 4.78 is 22.2. The summed E-state index contributed by atoms with van der Waals surface area (Å²) in [7, 11) is 1.43. The Morgan fingerprint density at radius 3 is 2.71 bits per heavy atom. The second-order valence-electron chi connectivity index (χ2n) is 7.33. The lowest BCUT2D eigenvalue weighted by molar-refractivity contribution is 0.0734. The van der Waals surface area contributed by atoms with E-state index in [0.29, 0.717) is 21.4 Å². The minimum Gasteiger partial charge on any atom is -0.493 e. The van der Waals surface area contributed by atoms with Gasteiger partial charge in [0.05, 0.1) is 24.0 Å². The van der Waals surface area contributed by atoms with Crippen LogP contribution in [0.25, 0.3) is 11.0 Å². The van der Waals surface area contributed by atoms with Gasteiger partial charge in [-0.05, 0) is 41.3 Å². The van der Waals surface area contributed by atoms with Crippen LogP contribution in [0.2, 0.25) is 0 Å². The summed E-state index contributed by atoms with van der Waals surface area (Å²) >= 11 is 1.26. The topological polar surface area (TPSA) is 125 Å². The lowest BCUT2D eigenvalue weighted by Crippen LogP contribution is -2.26. The first-order chi connectivity index (χ1) is 16.5. The number of carbonyl (C=O) groups excluding carboxylic acids is 1. The molecule has 0 unspecified atom stereocenters. The zero-order chi connectivity index (χ0) is 23.8. The minimum absolute atomic E-state index is 0.0560. The molecule has 3 heterocycles. The lowest BCUT2D eigenvalue weighted by atomic mass is 9.83. The zero-order valence-electron chi connectivity index (χ0n) is 17.7. The third kappa shape index (κ3) is 3.46. The van der Waals surface area contributed by atoms with Gasteiger partial charge < -0.3 is 24.4 Å². The van der Waals surface area contributed by atoms with Gasteiger partial charge in [-0.15, -0.1) is 11.3 Å². The van der Waals surface area contributed by atoms with Gasteiger partial charge in [0.2, 0.25) is 5.88 Å². The number of benzene rings is 2. The van der Waals surface area contributed by atoms with E-state index in [4.69, 9.17) is 24.4 Å². The van der Waals surface area contributed by atoms with Gasteiger partial charge in [0.25, 0.3) is 0 Å². The Morgan fingerprint density at radius 2 is 1.97 bits per heavy atom. The quantitative estimate of drug-likeness (QED) is 0.265. The monoisotopic (exact) mass is 472 g/mol. The highest BCUT2D eigenvalue weighted by Gasteiger charge is 2.36. The second-order valence-corrected chi connectivity index (χ2v) is 8.28. The molecule has 0 bridgehead atoms. The molecule has 0 aliphatic carbocycles. The van der Waals surface area contributed by atoms with E-state index in [1.54, 1.807) is 60.0 Å². The number of rotatable bonds is 4. The van der Waals surface area contributed by atoms with Crippen molar-refractivity contribution in [1.29, 1.82) is 5.26 Å². The van der Waals surface area contributed by atoms with Crippen LogP contribution in [0, 0.1) is 11.3 Å². The fraction of sp³-hybridized carbons (Fsp3) is 0.0800. The van der Waals surface area contributed by atoms with Crippen molar-refractivity contribution in [2.24, 2.45) is 5.73 Å². The normalized spacial score (nSPS) is 14.8. The molecule has 5 rings (SSSR count). The van der Waals surface area contributed by atoms with Crippen molar-refractivity contribution < 1.29 is 23.4 Å². The fourth-order valence-corrected chi connectivity index (χ4v) is 4.49. The van der Waals surface area contributed by atoms with Gasteiger partial charge in [-0.2, -0.15) is 5.26 Å². The number of fused-ring (bicyclic) bond motifs is 3. The summed E-state index contributed by atoms with van der Waals surface area (Å²) in [6, 6.07) is 17.1. The summed E-state index contributed by atoms with van der Waals surface area (Å²) in [6.45, 7) is 0. The predicted molar refractivity (Wildman–Crippen MR) is 124 cm³/mol. The van der Waals surface area contributed by atoms with Crippen molar-refractivity contribution in [2.45, 2.75) is 5.92 Å². The van der Waals surface area contributed by atoms with Crippen molar-refractivity contribution in [1.82, 2.24) is 0 Å². The van der Waals surface area contributed by atoms with Crippen molar-refractivity contribution in [3.05, 3.63) is 97.9 Å². The first-order valence-corrected chi connectivity index (χ1v) is 11.0. The van der Waals surface area contributed by atoms with Crippen LogP contribution in [0.4, 0.5) is 0 Å². The number of nitrogens with two attached hydrogens (primary N) is 1. The SMILES string of the molecule is COc1cc([C@@H]2C(C#N)=C(N)Oc3c2c(=O)oc2ccccc32)ccc1OC(=O)c1cccs1. The molecule has 0 saturated carbocycles. The number of nitriles is 1. The van der Waals surface area contributed by atoms with E-state index < -0.39 is 17.5 Å². The lowest BCUT2D eigenvalue weighted by Gasteiger charge is -2.26. The summed E-state index contributed by atoms with van der Waals surface area (Å²) in [5.41, 5.74) is 6.51. The molecule has 4 aromatic rings. The van der Waals surface area contributed by atoms with Crippen molar-refractivity contribution in [2.75, 3.05) is 7.11 Å². The van der Waals surface area contributed by atoms with Crippen molar-refractivity contribution in [3.8, 4) is 23.3 Å². The zero-order valence-corrected chi connectivity index (χ0v) is 18.5. The van der Waals surface area contributed by atoms with E-state index in [1.165, 1.54) is 18.4 Å². The highest BCUT2D eigenvalue weighted by molar-refractivity contribution is 7.12. The molecule has 0 amide bonds. The molecule has 2 aromatic heterocycles. The van der Waals surface area contributed by atoms with Gasteiger partial charge in [0.15, 0.2) is 17.2 Å². The van der Waals surface area contributed by atoms with Gasteiger partial charge in [0, 0.05) is 0 Å². The molecule has 0 fully saturated rings. The van der Waals surface area contributed by atoms with E-state index in [9.17, 15) is 14.9 Å². The maximum absolute atomic E-state index is 13.0. The highest BCUT2D eigenvalue weighted by atomic mass is 32.1. The third-order valence-corrected chi connectivity index (χ3v) is 6.27. The molecule has 0 radical (unpaired) electrons. The number of thiophene rings is 1. The van der Waals surface area contributed by atoms with Gasteiger partial charge >= 0.3 is 11.6 Å². The molecule has 0 saturated heterocycles. The largest absolute Gasteiger partial charge is 0.493 e. The maximum atomic E-state index is 13.0. The van der Waals surface area contributed by atoms with Crippen LogP contribution in [-0.2, 0) is 0 Å². The minimum atomic E-state index is -0.870. The number of ether oxygens (including phenoxy) is 3. The Kier molecular flexibility index (Phi) is 5.28. The number of methoxy groups -OCH3 is 1. The predicted octanol–water partition coefficient (Wildman–Crippen LogP) is 4.30. The van der Waals surface area contributed by atoms with E-state index in [0.717, 1.165) is 0 Å². The standard InChI is InChI=1S/C25H16N2O6S/c1-30-18-11-13(8-9-17(18)32-24(28)19-7-4-10-34-19)20-15(12-26)23(27)33-22-14-5-2-3-6-16(14)31-25(29)21(20)22/h2-11,20H,27H2,1H3/t20-/m1/s1. The summed E-state index contributed by atoms with van der Waals surface area (Å²) in [5, 5.41) is 12.2. The molecular weight excluding hydrogens is 456 g/mol. The van der Waals surface area contributed by atoms with Gasteiger partial charge in [-0.25, -0.2) is 9.59 Å². The van der Waals surface area contributed by atoms with Crippen LogP contribution >= 0.6 is 11.3 Å². The Balaban J connectivity index is 1.65. The number of hydrogen-bond donors (Lipinski definition) is 1. The number of esters is 1. The van der Waals surface area contributed by atoms with Crippen LogP contribution in [0.1, 0.15) is 26.7 Å². The van der Waals surface area contributed by atoms with Crippen LogP contribution in [0.5, 0.6) is 17.2 Å². The Labute approximate surface area is 197 Å². The number of allylic oxidation sites excluding steroid dienone is 1. The molecule has 2 N–H and O–H groups in total. The second kappa shape index (κ2) is 8.42. The molecule has 1 aliphatic rings. The molecule has 168 valence electrons. The van der Waals surface area contributed by atoms with E-state index in [1.807, 2.05) is 6.07 Å². The molecule has 2 aromatic carbocycles. The number of carbonyl (C=O) groups is 1. The first-order valence-electron chi connectivity index (χ1n) is 10.1. The van der Waals surface area contributed by atoms with Crippen LogP contribution in [-0.4, -0.2) is 13.1 Å². The Hall–Kier alpha value is -4.55. The number of para-hydroxylation sites is 1. The summed E-state index contributed by atoms with van der Waals surface area (Å²) in [5.74, 6) is -0.824. The number of hydrogen-bond acceptors (Lipinski definition) is 9. The van der Waals surface area contributed by atoms with Crippen LogP contribution in [0.15, 0.2) is 80.6 Å². The van der Waals surface area contributed by atoms with Gasteiger partial charge in [-0.1, -0.05) is 24.3 Å². The molecule has 1 aliphatic heterocycles. The van der Waals surface area contributed by atoms with E-state index in [2.05, 4.69) is 0 Å². The smallest absolute Gasteiger partial charge is 0.353 e. The summed E-state index contributed by atoms with van der Waals surface area (Å²) in [6.07, 6.45) is 0. The maximum Gasteiger partial charge on any atom is 0.353 e. The molecule has 0 spiro atoms.